The Morgan fingerprint density at radius 3 is 2.33 bits per heavy atom. The molecule has 0 amide bonds. The van der Waals surface area contributed by atoms with E-state index in [1.165, 1.54) is 49.0 Å². The molecule has 0 unspecified atom stereocenters. The summed E-state index contributed by atoms with van der Waals surface area (Å²) in [5, 5.41) is 3.27. The first kappa shape index (κ1) is 17.3. The van der Waals surface area contributed by atoms with Gasteiger partial charge in [-0.2, -0.15) is 0 Å². The summed E-state index contributed by atoms with van der Waals surface area (Å²) in [6, 6.07) is 10.0. The lowest BCUT2D eigenvalue weighted by Crippen LogP contribution is -2.00. The SMILES string of the molecule is C=C(C)c1cc(C2CC2)ccc1Nc1cnc(-c2c(F)cccc2F)nc1. The van der Waals surface area contributed by atoms with E-state index in [1.54, 1.807) is 0 Å². The van der Waals surface area contributed by atoms with Crippen LogP contribution in [0.3, 0.4) is 0 Å². The van der Waals surface area contributed by atoms with E-state index in [-0.39, 0.29) is 11.4 Å². The molecule has 0 atom stereocenters. The van der Waals surface area contributed by atoms with Crippen molar-refractivity contribution in [2.24, 2.45) is 0 Å². The van der Waals surface area contributed by atoms with Crippen LogP contribution in [-0.2, 0) is 0 Å². The number of nitrogens with one attached hydrogen (secondary N) is 1. The van der Waals surface area contributed by atoms with Crippen LogP contribution in [0.25, 0.3) is 17.0 Å². The molecule has 3 nitrogen and oxygen atoms in total. The molecule has 1 N–H and O–H groups in total. The fourth-order valence-corrected chi connectivity index (χ4v) is 3.08. The Bertz CT molecular complexity index is 988. The fraction of sp³-hybridized carbons (Fsp3) is 0.182. The van der Waals surface area contributed by atoms with Crippen molar-refractivity contribution in [3.63, 3.8) is 0 Å². The summed E-state index contributed by atoms with van der Waals surface area (Å²) >= 11 is 0. The Balaban J connectivity index is 1.61. The summed E-state index contributed by atoms with van der Waals surface area (Å²) in [5.74, 6) is -0.692. The molecule has 1 aliphatic carbocycles. The van der Waals surface area contributed by atoms with E-state index in [0.717, 1.165) is 16.8 Å². The highest BCUT2D eigenvalue weighted by Crippen LogP contribution is 2.42. The van der Waals surface area contributed by atoms with Crippen LogP contribution in [0.15, 0.2) is 55.4 Å². The average Bonchev–Trinajstić information content (AvgIpc) is 3.48. The molecule has 2 aromatic carbocycles. The largest absolute Gasteiger partial charge is 0.353 e. The second-order valence-electron chi connectivity index (χ2n) is 6.88. The molecule has 136 valence electrons. The first-order valence-electron chi connectivity index (χ1n) is 8.86. The molecule has 1 fully saturated rings. The molecule has 0 aliphatic heterocycles. The number of allylic oxidation sites excluding steroid dienone is 1. The molecule has 1 saturated carbocycles. The third kappa shape index (κ3) is 3.58. The minimum atomic E-state index is -0.684. The van der Waals surface area contributed by atoms with E-state index in [0.29, 0.717) is 11.6 Å². The molecule has 0 bridgehead atoms. The van der Waals surface area contributed by atoms with E-state index < -0.39 is 11.6 Å². The van der Waals surface area contributed by atoms with Crippen LogP contribution in [0.2, 0.25) is 0 Å². The highest BCUT2D eigenvalue weighted by atomic mass is 19.1. The highest BCUT2D eigenvalue weighted by molar-refractivity contribution is 5.78. The molecule has 0 saturated heterocycles. The van der Waals surface area contributed by atoms with Gasteiger partial charge in [-0.05, 0) is 61.1 Å². The van der Waals surface area contributed by atoms with Crippen LogP contribution in [0, 0.1) is 11.6 Å². The van der Waals surface area contributed by atoms with Crippen LogP contribution in [-0.4, -0.2) is 9.97 Å². The summed E-state index contributed by atoms with van der Waals surface area (Å²) in [5.41, 5.74) is 4.66. The predicted molar refractivity (Wildman–Crippen MR) is 104 cm³/mol. The number of nitrogens with zero attached hydrogens (tertiary/aromatic N) is 2. The van der Waals surface area contributed by atoms with Crippen LogP contribution >= 0.6 is 0 Å². The average molecular weight is 363 g/mol. The number of rotatable bonds is 5. The van der Waals surface area contributed by atoms with Crippen molar-refractivity contribution in [2.45, 2.75) is 25.7 Å². The maximum Gasteiger partial charge on any atom is 0.165 e. The van der Waals surface area contributed by atoms with Gasteiger partial charge in [0.2, 0.25) is 0 Å². The summed E-state index contributed by atoms with van der Waals surface area (Å²) < 4.78 is 27.8. The molecular formula is C22H19F2N3. The van der Waals surface area contributed by atoms with Crippen molar-refractivity contribution in [3.05, 3.63) is 78.1 Å². The Labute approximate surface area is 156 Å². The third-order valence-corrected chi connectivity index (χ3v) is 4.67. The van der Waals surface area contributed by atoms with Gasteiger partial charge in [0.1, 0.15) is 11.6 Å². The highest BCUT2D eigenvalue weighted by Gasteiger charge is 2.24. The monoisotopic (exact) mass is 363 g/mol. The molecule has 1 aromatic heterocycles. The zero-order valence-corrected chi connectivity index (χ0v) is 15.0. The second kappa shape index (κ2) is 6.91. The number of hydrogen-bond donors (Lipinski definition) is 1. The van der Waals surface area contributed by atoms with Crippen LogP contribution in [0.4, 0.5) is 20.2 Å². The van der Waals surface area contributed by atoms with Crippen LogP contribution < -0.4 is 5.32 Å². The number of aromatic nitrogens is 2. The van der Waals surface area contributed by atoms with E-state index in [2.05, 4.69) is 34.0 Å². The van der Waals surface area contributed by atoms with Crippen molar-refractivity contribution in [1.29, 1.82) is 0 Å². The van der Waals surface area contributed by atoms with E-state index in [9.17, 15) is 8.78 Å². The fourth-order valence-electron chi connectivity index (χ4n) is 3.08. The Morgan fingerprint density at radius 1 is 1.07 bits per heavy atom. The smallest absolute Gasteiger partial charge is 0.165 e. The van der Waals surface area contributed by atoms with Crippen molar-refractivity contribution >= 4 is 16.9 Å². The Kier molecular flexibility index (Phi) is 4.44. The van der Waals surface area contributed by atoms with Gasteiger partial charge < -0.3 is 5.32 Å². The normalized spacial score (nSPS) is 13.4. The van der Waals surface area contributed by atoms with Crippen LogP contribution in [0.5, 0.6) is 0 Å². The maximum absolute atomic E-state index is 13.9. The van der Waals surface area contributed by atoms with E-state index in [1.807, 2.05) is 13.0 Å². The van der Waals surface area contributed by atoms with Gasteiger partial charge in [-0.25, -0.2) is 18.7 Å². The van der Waals surface area contributed by atoms with Crippen molar-refractivity contribution in [1.82, 2.24) is 9.97 Å². The standard InChI is InChI=1S/C22H19F2N3/c1-13(2)17-10-15(14-6-7-14)8-9-20(17)27-16-11-25-22(26-12-16)21-18(23)4-3-5-19(21)24/h3-5,8-12,14,27H,1,6-7H2,2H3. The van der Waals surface area contributed by atoms with Crippen molar-refractivity contribution in [2.75, 3.05) is 5.32 Å². The lowest BCUT2D eigenvalue weighted by molar-refractivity contribution is 0.587. The number of halogens is 2. The molecule has 3 aromatic rings. The third-order valence-electron chi connectivity index (χ3n) is 4.67. The zero-order valence-electron chi connectivity index (χ0n) is 15.0. The van der Waals surface area contributed by atoms with Gasteiger partial charge in [0.05, 0.1) is 23.6 Å². The minimum Gasteiger partial charge on any atom is -0.353 e. The second-order valence-corrected chi connectivity index (χ2v) is 6.88. The van der Waals surface area contributed by atoms with Crippen molar-refractivity contribution < 1.29 is 8.78 Å². The van der Waals surface area contributed by atoms with E-state index >= 15 is 0 Å². The van der Waals surface area contributed by atoms with Crippen molar-refractivity contribution in [3.8, 4) is 11.4 Å². The molecule has 27 heavy (non-hydrogen) atoms. The molecular weight excluding hydrogens is 344 g/mol. The van der Waals surface area contributed by atoms with E-state index in [4.69, 9.17) is 0 Å². The maximum atomic E-state index is 13.9. The molecule has 1 heterocycles. The van der Waals surface area contributed by atoms with Gasteiger partial charge >= 0.3 is 0 Å². The molecule has 0 spiro atoms. The predicted octanol–water partition coefficient (Wildman–Crippen LogP) is 6.08. The summed E-state index contributed by atoms with van der Waals surface area (Å²) in [6.45, 7) is 6.04. The first-order valence-corrected chi connectivity index (χ1v) is 8.86. The topological polar surface area (TPSA) is 37.8 Å². The van der Waals surface area contributed by atoms with Gasteiger partial charge in [0.15, 0.2) is 5.82 Å². The van der Waals surface area contributed by atoms with Crippen LogP contribution in [0.1, 0.15) is 36.8 Å². The van der Waals surface area contributed by atoms with Gasteiger partial charge in [-0.1, -0.05) is 18.7 Å². The number of anilines is 2. The van der Waals surface area contributed by atoms with Gasteiger partial charge in [0.25, 0.3) is 0 Å². The lowest BCUT2D eigenvalue weighted by Gasteiger charge is -2.14. The minimum absolute atomic E-state index is 0.0142. The molecule has 5 heteroatoms. The lowest BCUT2D eigenvalue weighted by atomic mass is 10.0. The molecule has 4 rings (SSSR count). The van der Waals surface area contributed by atoms with Gasteiger partial charge in [0, 0.05) is 11.3 Å². The number of hydrogen-bond acceptors (Lipinski definition) is 3. The first-order chi connectivity index (χ1) is 13.0. The molecule has 0 radical (unpaired) electrons. The van der Waals surface area contributed by atoms with Gasteiger partial charge in [-0.3, -0.25) is 0 Å². The Morgan fingerprint density at radius 2 is 1.74 bits per heavy atom. The Hall–Kier alpha value is -3.08. The quantitative estimate of drug-likeness (QED) is 0.597. The number of benzene rings is 2. The summed E-state index contributed by atoms with van der Waals surface area (Å²) in [4.78, 5) is 8.24. The summed E-state index contributed by atoms with van der Waals surface area (Å²) in [7, 11) is 0. The zero-order chi connectivity index (χ0) is 19.0. The van der Waals surface area contributed by atoms with Gasteiger partial charge in [-0.15, -0.1) is 0 Å². The summed E-state index contributed by atoms with van der Waals surface area (Å²) in [6.07, 6.45) is 5.52. The molecule has 1 aliphatic rings.